The molecule has 0 saturated carbocycles. The molecule has 2 aromatic rings. The quantitative estimate of drug-likeness (QED) is 0.461. The minimum absolute atomic E-state index is 0.00325. The molecule has 7 nitrogen and oxygen atoms in total. The van der Waals surface area contributed by atoms with Crippen molar-refractivity contribution in [1.82, 2.24) is 9.21 Å². The fourth-order valence-corrected chi connectivity index (χ4v) is 5.60. The molecule has 8 heteroatoms. The van der Waals surface area contributed by atoms with Crippen molar-refractivity contribution in [3.8, 4) is 12.3 Å². The molecular formula is C25H28N2O5S. The van der Waals surface area contributed by atoms with Crippen LogP contribution in [-0.2, 0) is 26.1 Å². The Morgan fingerprint density at radius 1 is 1.12 bits per heavy atom. The number of terminal acetylenes is 1. The van der Waals surface area contributed by atoms with Gasteiger partial charge in [-0.15, -0.1) is 6.42 Å². The van der Waals surface area contributed by atoms with Crippen molar-refractivity contribution < 1.29 is 22.7 Å². The largest absolute Gasteiger partial charge is 0.465 e. The summed E-state index contributed by atoms with van der Waals surface area (Å²) in [5.41, 5.74) is 2.12. The number of benzene rings is 2. The van der Waals surface area contributed by atoms with Gasteiger partial charge >= 0.3 is 5.97 Å². The predicted octanol–water partition coefficient (Wildman–Crippen LogP) is 2.84. The molecule has 0 atom stereocenters. The van der Waals surface area contributed by atoms with Gasteiger partial charge in [0.15, 0.2) is 0 Å². The number of piperidine rings is 1. The highest BCUT2D eigenvalue weighted by molar-refractivity contribution is 7.89. The number of ether oxygens (including phenoxy) is 1. The Kier molecular flexibility index (Phi) is 7.90. The fourth-order valence-electron chi connectivity index (χ4n) is 3.95. The number of esters is 1. The molecule has 2 aromatic carbocycles. The lowest BCUT2D eigenvalue weighted by molar-refractivity contribution is -0.136. The summed E-state index contributed by atoms with van der Waals surface area (Å²) in [6.07, 6.45) is 6.26. The molecule has 1 aliphatic rings. The van der Waals surface area contributed by atoms with Crippen molar-refractivity contribution in [2.24, 2.45) is 5.92 Å². The summed E-state index contributed by atoms with van der Waals surface area (Å²) in [5, 5.41) is 0. The third-order valence-electron chi connectivity index (χ3n) is 5.80. The van der Waals surface area contributed by atoms with Gasteiger partial charge in [-0.05, 0) is 37.5 Å². The number of aryl methyl sites for hydroxylation is 1. The van der Waals surface area contributed by atoms with E-state index in [2.05, 4.69) is 5.92 Å². The molecule has 174 valence electrons. The highest BCUT2D eigenvalue weighted by Crippen LogP contribution is 2.27. The first kappa shape index (κ1) is 24.5. The van der Waals surface area contributed by atoms with Gasteiger partial charge in [0.25, 0.3) is 0 Å². The molecule has 1 amide bonds. The van der Waals surface area contributed by atoms with Crippen molar-refractivity contribution in [2.45, 2.75) is 31.2 Å². The van der Waals surface area contributed by atoms with Crippen molar-refractivity contribution in [2.75, 3.05) is 26.7 Å². The van der Waals surface area contributed by atoms with Crippen molar-refractivity contribution in [3.05, 3.63) is 65.2 Å². The van der Waals surface area contributed by atoms with Gasteiger partial charge in [0.1, 0.15) is 0 Å². The van der Waals surface area contributed by atoms with Gasteiger partial charge in [0.2, 0.25) is 15.9 Å². The zero-order valence-electron chi connectivity index (χ0n) is 18.9. The maximum absolute atomic E-state index is 13.2. The van der Waals surface area contributed by atoms with Crippen LogP contribution in [0.5, 0.6) is 0 Å². The van der Waals surface area contributed by atoms with E-state index in [1.807, 2.05) is 31.2 Å². The molecule has 1 fully saturated rings. The standard InChI is InChI=1S/C25H28N2O5S/c1-4-15-26(18-20-11-9-19(2)10-12-20)24(28)21-13-16-27(17-14-21)33(30,31)23-8-6-5-7-22(23)25(29)32-3/h1,5-12,21H,13-18H2,2-3H3. The Morgan fingerprint density at radius 2 is 1.76 bits per heavy atom. The van der Waals surface area contributed by atoms with Crippen LogP contribution < -0.4 is 0 Å². The Morgan fingerprint density at radius 3 is 2.36 bits per heavy atom. The summed E-state index contributed by atoms with van der Waals surface area (Å²) >= 11 is 0. The Hall–Kier alpha value is -3.15. The summed E-state index contributed by atoms with van der Waals surface area (Å²) in [5.74, 6) is 1.46. The summed E-state index contributed by atoms with van der Waals surface area (Å²) < 4.78 is 32.5. The van der Waals surface area contributed by atoms with E-state index in [1.165, 1.54) is 23.5 Å². The van der Waals surface area contributed by atoms with Crippen LogP contribution in [0.2, 0.25) is 0 Å². The van der Waals surface area contributed by atoms with E-state index in [4.69, 9.17) is 11.2 Å². The molecule has 33 heavy (non-hydrogen) atoms. The Balaban J connectivity index is 1.70. The average Bonchev–Trinajstić information content (AvgIpc) is 2.84. The lowest BCUT2D eigenvalue weighted by Crippen LogP contribution is -2.44. The topological polar surface area (TPSA) is 84.0 Å². The summed E-state index contributed by atoms with van der Waals surface area (Å²) in [6.45, 7) is 2.97. The highest BCUT2D eigenvalue weighted by Gasteiger charge is 2.35. The van der Waals surface area contributed by atoms with Crippen LogP contribution in [0.4, 0.5) is 0 Å². The highest BCUT2D eigenvalue weighted by atomic mass is 32.2. The second-order valence-corrected chi connectivity index (χ2v) is 9.96. The van der Waals surface area contributed by atoms with Gasteiger partial charge in [-0.1, -0.05) is 47.9 Å². The first-order chi connectivity index (χ1) is 15.8. The van der Waals surface area contributed by atoms with E-state index in [-0.39, 0.29) is 41.9 Å². The predicted molar refractivity (Wildman–Crippen MR) is 125 cm³/mol. The number of carbonyl (C=O) groups is 2. The molecule has 1 saturated heterocycles. The first-order valence-electron chi connectivity index (χ1n) is 10.7. The molecule has 0 unspecified atom stereocenters. The lowest BCUT2D eigenvalue weighted by Gasteiger charge is -2.33. The van der Waals surface area contributed by atoms with Gasteiger partial charge in [-0.3, -0.25) is 4.79 Å². The van der Waals surface area contributed by atoms with Gasteiger partial charge in [0.05, 0.1) is 24.1 Å². The number of methoxy groups -OCH3 is 1. The van der Waals surface area contributed by atoms with Crippen LogP contribution >= 0.6 is 0 Å². The Bertz CT molecular complexity index is 1140. The molecule has 3 rings (SSSR count). The van der Waals surface area contributed by atoms with Crippen LogP contribution in [0.25, 0.3) is 0 Å². The zero-order valence-corrected chi connectivity index (χ0v) is 19.7. The van der Waals surface area contributed by atoms with Crippen LogP contribution in [0.3, 0.4) is 0 Å². The fraction of sp³-hybridized carbons (Fsp3) is 0.360. The van der Waals surface area contributed by atoms with E-state index in [1.54, 1.807) is 17.0 Å². The number of nitrogens with zero attached hydrogens (tertiary/aromatic N) is 2. The molecule has 0 aliphatic carbocycles. The normalized spacial score (nSPS) is 14.9. The van der Waals surface area contributed by atoms with Crippen LogP contribution in [0, 0.1) is 25.2 Å². The molecule has 0 bridgehead atoms. The summed E-state index contributed by atoms with van der Waals surface area (Å²) in [6, 6.07) is 13.9. The second kappa shape index (κ2) is 10.6. The van der Waals surface area contributed by atoms with Crippen molar-refractivity contribution >= 4 is 21.9 Å². The molecule has 1 aliphatic heterocycles. The average molecular weight is 469 g/mol. The van der Waals surface area contributed by atoms with Crippen LogP contribution in [0.15, 0.2) is 53.4 Å². The lowest BCUT2D eigenvalue weighted by atomic mass is 9.96. The molecule has 0 spiro atoms. The van der Waals surface area contributed by atoms with E-state index in [0.29, 0.717) is 19.4 Å². The number of carbonyl (C=O) groups excluding carboxylic acids is 2. The third kappa shape index (κ3) is 5.62. The number of hydrogen-bond donors (Lipinski definition) is 0. The van der Waals surface area contributed by atoms with Crippen molar-refractivity contribution in [3.63, 3.8) is 0 Å². The van der Waals surface area contributed by atoms with E-state index >= 15 is 0 Å². The minimum Gasteiger partial charge on any atom is -0.465 e. The van der Waals surface area contributed by atoms with Crippen molar-refractivity contribution in [1.29, 1.82) is 0 Å². The van der Waals surface area contributed by atoms with Gasteiger partial charge in [-0.2, -0.15) is 4.31 Å². The van der Waals surface area contributed by atoms with Crippen LogP contribution in [-0.4, -0.2) is 56.2 Å². The number of sulfonamides is 1. The van der Waals surface area contributed by atoms with E-state index < -0.39 is 16.0 Å². The van der Waals surface area contributed by atoms with Gasteiger partial charge in [-0.25, -0.2) is 13.2 Å². The molecule has 0 N–H and O–H groups in total. The Labute approximate surface area is 195 Å². The second-order valence-electron chi connectivity index (χ2n) is 8.05. The number of rotatable bonds is 7. The maximum Gasteiger partial charge on any atom is 0.339 e. The van der Waals surface area contributed by atoms with Gasteiger partial charge in [0, 0.05) is 25.6 Å². The van der Waals surface area contributed by atoms with Crippen LogP contribution in [0.1, 0.15) is 34.3 Å². The maximum atomic E-state index is 13.2. The first-order valence-corrected chi connectivity index (χ1v) is 12.2. The van der Waals surface area contributed by atoms with Gasteiger partial charge < -0.3 is 9.64 Å². The monoisotopic (exact) mass is 468 g/mol. The molecule has 1 heterocycles. The molecule has 0 aromatic heterocycles. The molecule has 0 radical (unpaired) electrons. The number of amides is 1. The summed E-state index contributed by atoms with van der Waals surface area (Å²) in [7, 11) is -2.70. The number of hydrogen-bond acceptors (Lipinski definition) is 5. The van der Waals surface area contributed by atoms with E-state index in [0.717, 1.165) is 11.1 Å². The minimum atomic E-state index is -3.90. The zero-order chi connectivity index (χ0) is 24.0. The SMILES string of the molecule is C#CCN(Cc1ccc(C)cc1)C(=O)C1CCN(S(=O)(=O)c2ccccc2C(=O)OC)CC1. The smallest absolute Gasteiger partial charge is 0.339 e. The summed E-state index contributed by atoms with van der Waals surface area (Å²) in [4.78, 5) is 26.8. The third-order valence-corrected chi connectivity index (χ3v) is 7.76. The molecular weight excluding hydrogens is 440 g/mol. The van der Waals surface area contributed by atoms with E-state index in [9.17, 15) is 18.0 Å².